The van der Waals surface area contributed by atoms with Gasteiger partial charge < -0.3 is 33.2 Å². The highest BCUT2D eigenvalue weighted by Crippen LogP contribution is 2.32. The van der Waals surface area contributed by atoms with Crippen LogP contribution in [0.15, 0.2) is 0 Å². The van der Waals surface area contributed by atoms with E-state index in [-0.39, 0.29) is 0 Å². The van der Waals surface area contributed by atoms with Crippen molar-refractivity contribution in [3.63, 3.8) is 0 Å². The summed E-state index contributed by atoms with van der Waals surface area (Å²) >= 11 is 0. The summed E-state index contributed by atoms with van der Waals surface area (Å²) in [5.41, 5.74) is 0. The Morgan fingerprint density at radius 3 is 1.19 bits per heavy atom. The van der Waals surface area contributed by atoms with Crippen LogP contribution in [0.3, 0.4) is 0 Å². The number of epoxide rings is 3. The van der Waals surface area contributed by atoms with Gasteiger partial charge in [-0.05, 0) is 25.7 Å². The molecule has 0 radical (unpaired) electrons. The Bertz CT molecular complexity index is 406. The van der Waals surface area contributed by atoms with Crippen LogP contribution in [0.2, 0.25) is 24.2 Å². The third kappa shape index (κ3) is 12.6. The molecular weight excluding hydrogens is 423 g/mol. The van der Waals surface area contributed by atoms with Gasteiger partial charge in [0.05, 0.1) is 47.7 Å². The lowest BCUT2D eigenvalue weighted by molar-refractivity contribution is 0.0582. The Morgan fingerprint density at radius 1 is 0.581 bits per heavy atom. The van der Waals surface area contributed by atoms with E-state index >= 15 is 0 Å². The van der Waals surface area contributed by atoms with E-state index in [1.807, 2.05) is 0 Å². The smallest absolute Gasteiger partial charge is 0.188 e. The third-order valence-electron chi connectivity index (χ3n) is 6.18. The summed E-state index contributed by atoms with van der Waals surface area (Å²) in [5, 5.41) is 0. The van der Waals surface area contributed by atoms with Crippen molar-refractivity contribution in [1.29, 1.82) is 0 Å². The van der Waals surface area contributed by atoms with Crippen molar-refractivity contribution in [1.82, 2.24) is 0 Å². The molecule has 0 aromatic carbocycles. The molecule has 3 fully saturated rings. The molecule has 3 saturated heterocycles. The van der Waals surface area contributed by atoms with Crippen LogP contribution in [0.1, 0.15) is 25.7 Å². The molecule has 3 aliphatic rings. The lowest BCUT2D eigenvalue weighted by Crippen LogP contribution is -2.35. The second-order valence-corrected chi connectivity index (χ2v) is 14.0. The average Bonchev–Trinajstić information content (AvgIpc) is 3.62. The van der Waals surface area contributed by atoms with Crippen molar-refractivity contribution in [2.24, 2.45) is 0 Å². The maximum absolute atomic E-state index is 12.4. The summed E-state index contributed by atoms with van der Waals surface area (Å²) in [6.07, 6.45) is 5.13. The first-order valence-electron chi connectivity index (χ1n) is 12.0. The fourth-order valence-corrected chi connectivity index (χ4v) is 9.22. The van der Waals surface area contributed by atoms with Crippen molar-refractivity contribution >= 4 is 8.07 Å². The number of hydrogen-bond acceptors (Lipinski definition) is 7. The zero-order chi connectivity index (χ0) is 21.6. The van der Waals surface area contributed by atoms with Crippen LogP contribution < -0.4 is 0 Å². The van der Waals surface area contributed by atoms with E-state index in [1.165, 1.54) is 18.1 Å². The second kappa shape index (κ2) is 14.9. The van der Waals surface area contributed by atoms with E-state index in [1.54, 1.807) is 0 Å². The minimum absolute atomic E-state index is 0.319. The molecule has 3 atom stereocenters. The lowest BCUT2D eigenvalue weighted by atomic mass is 10.5. The molecule has 0 aromatic heterocycles. The molecule has 0 saturated carbocycles. The lowest BCUT2D eigenvalue weighted by Gasteiger charge is -2.32. The van der Waals surface area contributed by atoms with Gasteiger partial charge in [-0.25, -0.2) is 4.39 Å². The highest BCUT2D eigenvalue weighted by molar-refractivity contribution is 6.79. The Labute approximate surface area is 187 Å². The fraction of sp³-hybridized carbons (Fsp3) is 1.00. The Morgan fingerprint density at radius 2 is 0.903 bits per heavy atom. The van der Waals surface area contributed by atoms with E-state index < -0.39 is 14.9 Å². The molecule has 182 valence electrons. The van der Waals surface area contributed by atoms with Crippen molar-refractivity contribution < 1.29 is 37.5 Å². The standard InChI is InChI=1S/C22H41FO7Si/c23-19-27-8-4-12-31(9-1-5-24-13-20-16-28-20,10-2-6-25-14-21-17-29-21)11-3-7-26-15-22-18-30-22/h20-22H,1-19H2. The number of alkyl halides is 1. The number of hydrogen-bond donors (Lipinski definition) is 0. The molecule has 0 spiro atoms. The zero-order valence-electron chi connectivity index (χ0n) is 18.9. The highest BCUT2D eigenvalue weighted by Gasteiger charge is 2.32. The molecule has 7 nitrogen and oxygen atoms in total. The molecule has 0 aromatic rings. The quantitative estimate of drug-likeness (QED) is 0.131. The first kappa shape index (κ1) is 25.5. The Kier molecular flexibility index (Phi) is 12.3. The van der Waals surface area contributed by atoms with Gasteiger partial charge in [-0.2, -0.15) is 0 Å². The first-order chi connectivity index (χ1) is 15.3. The van der Waals surface area contributed by atoms with Gasteiger partial charge >= 0.3 is 0 Å². The third-order valence-corrected chi connectivity index (χ3v) is 11.8. The molecule has 3 aliphatic heterocycles. The molecule has 0 aliphatic carbocycles. The van der Waals surface area contributed by atoms with Crippen molar-refractivity contribution in [3.05, 3.63) is 0 Å². The molecule has 3 heterocycles. The van der Waals surface area contributed by atoms with Crippen LogP contribution in [-0.2, 0) is 33.2 Å². The summed E-state index contributed by atoms with van der Waals surface area (Å²) in [7, 11) is -1.57. The van der Waals surface area contributed by atoms with Crippen LogP contribution in [0.25, 0.3) is 0 Å². The molecule has 0 amide bonds. The van der Waals surface area contributed by atoms with Crippen LogP contribution >= 0.6 is 0 Å². The zero-order valence-corrected chi connectivity index (χ0v) is 19.9. The van der Waals surface area contributed by atoms with Crippen LogP contribution in [-0.4, -0.2) is 99.3 Å². The molecule has 3 rings (SSSR count). The minimum atomic E-state index is -1.57. The average molecular weight is 465 g/mol. The molecule has 3 unspecified atom stereocenters. The van der Waals surface area contributed by atoms with Crippen LogP contribution in [0, 0.1) is 0 Å². The van der Waals surface area contributed by atoms with Gasteiger partial charge in [0.1, 0.15) is 18.3 Å². The fourth-order valence-electron chi connectivity index (χ4n) is 4.14. The predicted octanol–water partition coefficient (Wildman–Crippen LogP) is 3.19. The minimum Gasteiger partial charge on any atom is -0.379 e. The summed E-state index contributed by atoms with van der Waals surface area (Å²) < 4.78 is 50.4. The summed E-state index contributed by atoms with van der Waals surface area (Å²) in [5.74, 6) is 0. The summed E-state index contributed by atoms with van der Waals surface area (Å²) in [4.78, 5) is 0. The maximum atomic E-state index is 12.4. The van der Waals surface area contributed by atoms with Crippen LogP contribution in [0.5, 0.6) is 0 Å². The molecule has 9 heteroatoms. The largest absolute Gasteiger partial charge is 0.379 e. The van der Waals surface area contributed by atoms with Crippen molar-refractivity contribution in [2.75, 3.05) is 72.9 Å². The molecular formula is C22H41FO7Si. The van der Waals surface area contributed by atoms with Crippen LogP contribution in [0.4, 0.5) is 4.39 Å². The first-order valence-corrected chi connectivity index (χ1v) is 14.8. The molecule has 0 bridgehead atoms. The van der Waals surface area contributed by atoms with Gasteiger partial charge in [0.25, 0.3) is 0 Å². The predicted molar refractivity (Wildman–Crippen MR) is 117 cm³/mol. The van der Waals surface area contributed by atoms with Gasteiger partial charge in [-0.3, -0.25) is 0 Å². The Hall–Kier alpha value is -0.133. The van der Waals surface area contributed by atoms with E-state index in [0.29, 0.717) is 44.7 Å². The van der Waals surface area contributed by atoms with Gasteiger partial charge in [0.2, 0.25) is 0 Å². The van der Waals surface area contributed by atoms with E-state index in [4.69, 9.17) is 33.2 Å². The molecule has 0 N–H and O–H groups in total. The van der Waals surface area contributed by atoms with Crippen molar-refractivity contribution in [2.45, 2.75) is 68.2 Å². The summed E-state index contributed by atoms with van der Waals surface area (Å²) in [6.45, 7) is 6.85. The van der Waals surface area contributed by atoms with Gasteiger partial charge in [0, 0.05) is 26.4 Å². The van der Waals surface area contributed by atoms with E-state index in [2.05, 4.69) is 0 Å². The molecule has 31 heavy (non-hydrogen) atoms. The van der Waals surface area contributed by atoms with Gasteiger partial charge in [0.15, 0.2) is 6.86 Å². The van der Waals surface area contributed by atoms with Gasteiger partial charge in [-0.15, -0.1) is 0 Å². The van der Waals surface area contributed by atoms with Crippen molar-refractivity contribution in [3.8, 4) is 0 Å². The monoisotopic (exact) mass is 464 g/mol. The van der Waals surface area contributed by atoms with Gasteiger partial charge in [-0.1, -0.05) is 24.2 Å². The SMILES string of the molecule is FCOCCC[Si](CCCOCC1CO1)(CCCOCC1CO1)CCCOCC1CO1. The normalized spacial score (nSPS) is 26.0. The second-order valence-electron chi connectivity index (χ2n) is 9.02. The summed E-state index contributed by atoms with van der Waals surface area (Å²) in [6, 6.07) is 4.85. The Balaban J connectivity index is 1.41. The number of halogens is 1. The maximum Gasteiger partial charge on any atom is 0.188 e. The number of rotatable bonds is 23. The highest BCUT2D eigenvalue weighted by atomic mass is 28.3. The topological polar surface area (TPSA) is 74.5 Å². The number of ether oxygens (including phenoxy) is 7. The van der Waals surface area contributed by atoms with E-state index in [9.17, 15) is 4.39 Å². The van der Waals surface area contributed by atoms with E-state index in [0.717, 1.165) is 71.4 Å².